The predicted octanol–water partition coefficient (Wildman–Crippen LogP) is 2.88. The molecule has 2 atom stereocenters. The van der Waals surface area contributed by atoms with E-state index >= 15 is 0 Å². The molecular weight excluding hydrogens is 343 g/mol. The summed E-state index contributed by atoms with van der Waals surface area (Å²) in [5.41, 5.74) is 7.96. The summed E-state index contributed by atoms with van der Waals surface area (Å²) in [4.78, 5) is 1.39. The van der Waals surface area contributed by atoms with E-state index in [0.717, 1.165) is 0 Å². The van der Waals surface area contributed by atoms with Gasteiger partial charge in [-0.3, -0.25) is 4.90 Å². The van der Waals surface area contributed by atoms with E-state index in [2.05, 4.69) is 0 Å². The van der Waals surface area contributed by atoms with Crippen molar-refractivity contribution in [3.05, 3.63) is 35.6 Å². The third kappa shape index (κ3) is 4.27. The monoisotopic (exact) mass is 364 g/mol. The summed E-state index contributed by atoms with van der Waals surface area (Å²) in [6, 6.07) is 4.97. The normalized spacial score (nSPS) is 24.2. The highest BCUT2D eigenvalue weighted by atomic mass is 32.2. The van der Waals surface area contributed by atoms with Crippen LogP contribution in [0.5, 0.6) is 0 Å². The van der Waals surface area contributed by atoms with Crippen LogP contribution in [-0.4, -0.2) is 55.5 Å². The maximum atomic E-state index is 12.7. The van der Waals surface area contributed by atoms with E-state index in [0.29, 0.717) is 5.56 Å². The molecule has 0 aromatic heterocycles. The molecule has 1 aliphatic heterocycles. The average molecular weight is 364 g/mol. The lowest BCUT2D eigenvalue weighted by Gasteiger charge is -2.43. The van der Waals surface area contributed by atoms with Gasteiger partial charge < -0.3 is 5.73 Å². The first-order valence-corrected chi connectivity index (χ1v) is 9.05. The van der Waals surface area contributed by atoms with Crippen molar-refractivity contribution in [3.63, 3.8) is 0 Å². The Labute approximate surface area is 140 Å². The van der Waals surface area contributed by atoms with Crippen molar-refractivity contribution in [2.24, 2.45) is 0 Å². The second-order valence-corrected chi connectivity index (χ2v) is 8.07. The fourth-order valence-corrected chi connectivity index (χ4v) is 4.55. The number of nitrogens with zero attached hydrogens (tertiary/aromatic N) is 2. The predicted molar refractivity (Wildman–Crippen MR) is 84.9 cm³/mol. The smallest absolute Gasteiger partial charge is 0.401 e. The van der Waals surface area contributed by atoms with Crippen molar-refractivity contribution < 1.29 is 21.6 Å². The van der Waals surface area contributed by atoms with E-state index in [1.807, 2.05) is 0 Å². The maximum absolute atomic E-state index is 12.7. The molecule has 0 bridgehead atoms. The summed E-state index contributed by atoms with van der Waals surface area (Å²) >= 11 is 0. The zero-order chi connectivity index (χ0) is 18.1. The molecule has 1 aromatic rings. The molecule has 1 fully saturated rings. The zero-order valence-corrected chi connectivity index (χ0v) is 14.4. The Morgan fingerprint density at radius 2 is 1.62 bits per heavy atom. The van der Waals surface area contributed by atoms with Crippen molar-refractivity contribution in [2.75, 3.05) is 19.6 Å². The van der Waals surface area contributed by atoms with Crippen LogP contribution in [0, 0.1) is 0 Å². The van der Waals surface area contributed by atoms with Gasteiger partial charge >= 0.3 is 6.18 Å². The lowest BCUT2D eigenvalue weighted by molar-refractivity contribution is -0.159. The number of halogens is 3. The molecule has 1 saturated heterocycles. The molecule has 0 saturated carbocycles. The standard InChI is InChI=1S/C15H21F3N3O2S/c1-11-8-20(9-12(2)21(11)10-15(16,17)18)24(22,23)14-5-3-13(7-19)4-6-14/h3-6,11-12,19H,7-10H2,1-2H3/q-1/t11-,12+. The van der Waals surface area contributed by atoms with Crippen LogP contribution in [0.1, 0.15) is 19.4 Å². The van der Waals surface area contributed by atoms with Crippen molar-refractivity contribution >= 4 is 10.0 Å². The molecule has 1 heterocycles. The number of rotatable bonds is 4. The number of nitrogens with one attached hydrogen (secondary N) is 1. The Morgan fingerprint density at radius 1 is 1.12 bits per heavy atom. The lowest BCUT2D eigenvalue weighted by Crippen LogP contribution is -2.59. The molecule has 0 spiro atoms. The van der Waals surface area contributed by atoms with Crippen LogP contribution in [0.2, 0.25) is 0 Å². The van der Waals surface area contributed by atoms with Crippen LogP contribution in [-0.2, 0) is 16.6 Å². The van der Waals surface area contributed by atoms with Crippen LogP contribution in [0.4, 0.5) is 13.2 Å². The molecule has 0 unspecified atom stereocenters. The van der Waals surface area contributed by atoms with Gasteiger partial charge in [0, 0.05) is 25.2 Å². The molecule has 9 heteroatoms. The third-order valence-electron chi connectivity index (χ3n) is 4.20. The molecule has 24 heavy (non-hydrogen) atoms. The van der Waals surface area contributed by atoms with E-state index in [1.165, 1.54) is 21.3 Å². The first-order chi connectivity index (χ1) is 11.0. The second-order valence-electron chi connectivity index (χ2n) is 6.13. The number of alkyl halides is 3. The van der Waals surface area contributed by atoms with Gasteiger partial charge in [0.25, 0.3) is 0 Å². The van der Waals surface area contributed by atoms with Gasteiger partial charge in [0.15, 0.2) is 0 Å². The Bertz CT molecular complexity index is 650. The van der Waals surface area contributed by atoms with Crippen LogP contribution >= 0.6 is 0 Å². The Morgan fingerprint density at radius 3 is 2.04 bits per heavy atom. The van der Waals surface area contributed by atoms with Crippen molar-refractivity contribution in [3.8, 4) is 0 Å². The number of piperazine rings is 1. The molecular formula is C15H21F3N3O2S-. The average Bonchev–Trinajstić information content (AvgIpc) is 2.49. The third-order valence-corrected chi connectivity index (χ3v) is 6.04. The van der Waals surface area contributed by atoms with Gasteiger partial charge in [-0.1, -0.05) is 17.7 Å². The van der Waals surface area contributed by atoms with E-state index < -0.39 is 34.8 Å². The summed E-state index contributed by atoms with van der Waals surface area (Å²) in [6.07, 6.45) is -4.31. The van der Waals surface area contributed by atoms with Gasteiger partial charge in [0.05, 0.1) is 11.4 Å². The fraction of sp³-hybridized carbons (Fsp3) is 0.600. The van der Waals surface area contributed by atoms with Gasteiger partial charge in [0.2, 0.25) is 10.0 Å². The van der Waals surface area contributed by atoms with E-state index in [-0.39, 0.29) is 24.5 Å². The van der Waals surface area contributed by atoms with Crippen LogP contribution < -0.4 is 0 Å². The Kier molecular flexibility index (Phi) is 5.58. The van der Waals surface area contributed by atoms with Gasteiger partial charge in [-0.25, -0.2) is 8.42 Å². The molecule has 0 radical (unpaired) electrons. The topological polar surface area (TPSA) is 64.4 Å². The van der Waals surface area contributed by atoms with Crippen LogP contribution in [0.15, 0.2) is 29.2 Å². The van der Waals surface area contributed by atoms with E-state index in [1.54, 1.807) is 26.0 Å². The second kappa shape index (κ2) is 6.99. The Balaban J connectivity index is 2.18. The van der Waals surface area contributed by atoms with Crippen molar-refractivity contribution in [1.29, 1.82) is 0 Å². The van der Waals surface area contributed by atoms with Crippen molar-refractivity contribution in [2.45, 2.75) is 43.5 Å². The van der Waals surface area contributed by atoms with Gasteiger partial charge in [-0.05, 0) is 26.0 Å². The minimum atomic E-state index is -4.31. The summed E-state index contributed by atoms with van der Waals surface area (Å²) in [6.45, 7) is 2.26. The number of hydrogen-bond acceptors (Lipinski definition) is 3. The van der Waals surface area contributed by atoms with Gasteiger partial charge in [0.1, 0.15) is 0 Å². The van der Waals surface area contributed by atoms with E-state index in [4.69, 9.17) is 5.73 Å². The quantitative estimate of drug-likeness (QED) is 0.825. The van der Waals surface area contributed by atoms with Gasteiger partial charge in [-0.2, -0.15) is 17.5 Å². The molecule has 136 valence electrons. The largest absolute Gasteiger partial charge is 0.674 e. The lowest BCUT2D eigenvalue weighted by atomic mass is 10.1. The minimum Gasteiger partial charge on any atom is -0.674 e. The summed E-state index contributed by atoms with van der Waals surface area (Å²) < 4.78 is 64.7. The molecule has 1 aromatic carbocycles. The molecule has 2 rings (SSSR count). The molecule has 0 aliphatic carbocycles. The molecule has 1 aliphatic rings. The molecule has 0 amide bonds. The summed E-state index contributed by atoms with van der Waals surface area (Å²) in [5.74, 6) is 0. The highest BCUT2D eigenvalue weighted by Crippen LogP contribution is 2.26. The molecule has 5 nitrogen and oxygen atoms in total. The highest BCUT2D eigenvalue weighted by Gasteiger charge is 2.41. The van der Waals surface area contributed by atoms with Crippen LogP contribution in [0.3, 0.4) is 0 Å². The highest BCUT2D eigenvalue weighted by molar-refractivity contribution is 7.89. The van der Waals surface area contributed by atoms with Crippen LogP contribution in [0.25, 0.3) is 5.73 Å². The number of hydrogen-bond donors (Lipinski definition) is 0. The maximum Gasteiger partial charge on any atom is 0.401 e. The summed E-state index contributed by atoms with van der Waals surface area (Å²) in [5, 5.41) is 0. The van der Waals surface area contributed by atoms with Gasteiger partial charge in [-0.15, -0.1) is 6.54 Å². The SMILES string of the molecule is C[C@@H]1CN(S(=O)(=O)c2ccc(C[NH-])cc2)C[C@H](C)N1CC(F)(F)F. The van der Waals surface area contributed by atoms with E-state index in [9.17, 15) is 21.6 Å². The fourth-order valence-electron chi connectivity index (χ4n) is 2.95. The first-order valence-electron chi connectivity index (χ1n) is 7.61. The zero-order valence-electron chi connectivity index (χ0n) is 13.5. The first kappa shape index (κ1) is 19.2. The molecule has 1 N–H and O–H groups in total. The van der Waals surface area contributed by atoms with Crippen molar-refractivity contribution in [1.82, 2.24) is 9.21 Å². The number of benzene rings is 1. The number of sulfonamides is 1. The Hall–Kier alpha value is -1.16. The summed E-state index contributed by atoms with van der Waals surface area (Å²) in [7, 11) is -3.76. The minimum absolute atomic E-state index is 0.0168.